The Bertz CT molecular complexity index is 427. The predicted molar refractivity (Wildman–Crippen MR) is 63.9 cm³/mol. The first-order chi connectivity index (χ1) is 7.63. The fourth-order valence-electron chi connectivity index (χ4n) is 2.03. The second kappa shape index (κ2) is 4.37. The van der Waals surface area contributed by atoms with E-state index < -0.39 is 0 Å². The zero-order valence-corrected chi connectivity index (χ0v) is 10.5. The molecule has 1 atom stereocenters. The Labute approximate surface area is 103 Å². The van der Waals surface area contributed by atoms with Crippen LogP contribution in [0.15, 0.2) is 28.7 Å². The van der Waals surface area contributed by atoms with E-state index in [0.717, 1.165) is 10.0 Å². The summed E-state index contributed by atoms with van der Waals surface area (Å²) < 4.78 is 0.969. The molecular formula is C12H12BrNO2. The SMILES string of the molecule is CCN1C(=O)CC(=O)C1c1ccc(Br)cc1. The number of amides is 1. The second-order valence-corrected chi connectivity index (χ2v) is 4.69. The molecule has 1 fully saturated rings. The Hall–Kier alpha value is -1.16. The van der Waals surface area contributed by atoms with Gasteiger partial charge in [-0.05, 0) is 24.6 Å². The highest BCUT2D eigenvalue weighted by Gasteiger charge is 2.38. The summed E-state index contributed by atoms with van der Waals surface area (Å²) >= 11 is 3.35. The van der Waals surface area contributed by atoms with E-state index in [2.05, 4.69) is 15.9 Å². The maximum Gasteiger partial charge on any atom is 0.230 e. The maximum absolute atomic E-state index is 11.8. The van der Waals surface area contributed by atoms with Crippen molar-refractivity contribution in [3.05, 3.63) is 34.3 Å². The van der Waals surface area contributed by atoms with Crippen LogP contribution in [0.3, 0.4) is 0 Å². The molecule has 2 rings (SSSR count). The van der Waals surface area contributed by atoms with Crippen LogP contribution in [-0.2, 0) is 9.59 Å². The lowest BCUT2D eigenvalue weighted by Crippen LogP contribution is -2.28. The molecule has 0 spiro atoms. The van der Waals surface area contributed by atoms with Crippen molar-refractivity contribution in [3.8, 4) is 0 Å². The minimum absolute atomic E-state index is 0.00540. The van der Waals surface area contributed by atoms with Gasteiger partial charge in [0, 0.05) is 11.0 Å². The van der Waals surface area contributed by atoms with E-state index >= 15 is 0 Å². The molecular weight excluding hydrogens is 270 g/mol. The van der Waals surface area contributed by atoms with Crippen molar-refractivity contribution in [2.75, 3.05) is 6.54 Å². The third-order valence-electron chi connectivity index (χ3n) is 2.79. The monoisotopic (exact) mass is 281 g/mol. The molecule has 1 aromatic rings. The Morgan fingerprint density at radius 1 is 1.31 bits per heavy atom. The summed E-state index contributed by atoms with van der Waals surface area (Å²) in [6.07, 6.45) is 0.0363. The van der Waals surface area contributed by atoms with Gasteiger partial charge in [-0.15, -0.1) is 0 Å². The number of carbonyl (C=O) groups excluding carboxylic acids is 2. The quantitative estimate of drug-likeness (QED) is 0.781. The lowest BCUT2D eigenvalue weighted by molar-refractivity contribution is -0.128. The first-order valence-electron chi connectivity index (χ1n) is 5.21. The summed E-state index contributed by atoms with van der Waals surface area (Å²) in [5.41, 5.74) is 0.890. The van der Waals surface area contributed by atoms with Crippen molar-refractivity contribution in [3.63, 3.8) is 0 Å². The van der Waals surface area contributed by atoms with Crippen molar-refractivity contribution >= 4 is 27.6 Å². The molecule has 16 heavy (non-hydrogen) atoms. The summed E-state index contributed by atoms with van der Waals surface area (Å²) in [7, 11) is 0. The molecule has 84 valence electrons. The number of Topliss-reactive ketones (excluding diaryl/α,β-unsaturated/α-hetero) is 1. The molecule has 4 heteroatoms. The molecule has 0 bridgehead atoms. The molecule has 1 unspecified atom stereocenters. The molecule has 0 N–H and O–H groups in total. The van der Waals surface area contributed by atoms with Gasteiger partial charge in [0.2, 0.25) is 5.91 Å². The van der Waals surface area contributed by atoms with Gasteiger partial charge in [-0.1, -0.05) is 28.1 Å². The smallest absolute Gasteiger partial charge is 0.230 e. The van der Waals surface area contributed by atoms with Crippen LogP contribution in [0.4, 0.5) is 0 Å². The number of carbonyl (C=O) groups is 2. The van der Waals surface area contributed by atoms with Gasteiger partial charge in [0.15, 0.2) is 5.78 Å². The first-order valence-corrected chi connectivity index (χ1v) is 6.00. The Kier molecular flexibility index (Phi) is 3.10. The van der Waals surface area contributed by atoms with Crippen molar-refractivity contribution < 1.29 is 9.59 Å². The average Bonchev–Trinajstić information content (AvgIpc) is 2.54. The highest BCUT2D eigenvalue weighted by atomic mass is 79.9. The van der Waals surface area contributed by atoms with E-state index in [-0.39, 0.29) is 24.2 Å². The van der Waals surface area contributed by atoms with Crippen LogP contribution >= 0.6 is 15.9 Å². The molecule has 1 aliphatic heterocycles. The number of nitrogens with zero attached hydrogens (tertiary/aromatic N) is 1. The molecule has 1 amide bonds. The standard InChI is InChI=1S/C12H12BrNO2/c1-2-14-11(16)7-10(15)12(14)8-3-5-9(13)6-4-8/h3-6,12H,2,7H2,1H3. The van der Waals surface area contributed by atoms with E-state index in [0.29, 0.717) is 6.54 Å². The fraction of sp³-hybridized carbons (Fsp3) is 0.333. The number of halogens is 1. The number of rotatable bonds is 2. The van der Waals surface area contributed by atoms with Crippen molar-refractivity contribution in [2.24, 2.45) is 0 Å². The van der Waals surface area contributed by atoms with Gasteiger partial charge >= 0.3 is 0 Å². The Morgan fingerprint density at radius 3 is 2.50 bits per heavy atom. The van der Waals surface area contributed by atoms with Crippen molar-refractivity contribution in [2.45, 2.75) is 19.4 Å². The number of ketones is 1. The van der Waals surface area contributed by atoms with E-state index in [1.54, 1.807) is 4.90 Å². The van der Waals surface area contributed by atoms with Crippen LogP contribution < -0.4 is 0 Å². The lowest BCUT2D eigenvalue weighted by atomic mass is 10.0. The summed E-state index contributed by atoms with van der Waals surface area (Å²) in [4.78, 5) is 25.0. The zero-order chi connectivity index (χ0) is 11.7. The number of likely N-dealkylation sites (N-methyl/N-ethyl adjacent to an activating group) is 1. The van der Waals surface area contributed by atoms with Crippen molar-refractivity contribution in [1.82, 2.24) is 4.90 Å². The summed E-state index contributed by atoms with van der Waals surface area (Å²) in [6, 6.07) is 7.16. The molecule has 0 aromatic heterocycles. The minimum atomic E-state index is -0.384. The third-order valence-corrected chi connectivity index (χ3v) is 3.32. The molecule has 0 radical (unpaired) electrons. The van der Waals surface area contributed by atoms with Gasteiger partial charge in [-0.2, -0.15) is 0 Å². The van der Waals surface area contributed by atoms with Crippen LogP contribution in [-0.4, -0.2) is 23.1 Å². The summed E-state index contributed by atoms with van der Waals surface area (Å²) in [6.45, 7) is 2.47. The van der Waals surface area contributed by atoms with Crippen LogP contribution in [0.2, 0.25) is 0 Å². The summed E-state index contributed by atoms with van der Waals surface area (Å²) in [5, 5.41) is 0. The highest BCUT2D eigenvalue weighted by molar-refractivity contribution is 9.10. The van der Waals surface area contributed by atoms with Gasteiger partial charge < -0.3 is 4.90 Å². The first kappa shape index (κ1) is 11.3. The molecule has 3 nitrogen and oxygen atoms in total. The molecule has 1 aliphatic rings. The number of benzene rings is 1. The third kappa shape index (κ3) is 1.89. The number of hydrogen-bond acceptors (Lipinski definition) is 2. The predicted octanol–water partition coefficient (Wildman–Crippen LogP) is 2.31. The lowest BCUT2D eigenvalue weighted by Gasteiger charge is -2.22. The highest BCUT2D eigenvalue weighted by Crippen LogP contribution is 2.30. The Morgan fingerprint density at radius 2 is 1.94 bits per heavy atom. The largest absolute Gasteiger partial charge is 0.328 e. The number of hydrogen-bond donors (Lipinski definition) is 0. The van der Waals surface area contributed by atoms with Crippen LogP contribution in [0.5, 0.6) is 0 Å². The second-order valence-electron chi connectivity index (χ2n) is 3.78. The van der Waals surface area contributed by atoms with E-state index in [1.165, 1.54) is 0 Å². The van der Waals surface area contributed by atoms with Gasteiger partial charge in [0.25, 0.3) is 0 Å². The van der Waals surface area contributed by atoms with Gasteiger partial charge in [-0.25, -0.2) is 0 Å². The molecule has 0 saturated carbocycles. The summed E-state index contributed by atoms with van der Waals surface area (Å²) in [5.74, 6) is -0.0745. The fourth-order valence-corrected chi connectivity index (χ4v) is 2.30. The van der Waals surface area contributed by atoms with E-state index in [1.807, 2.05) is 31.2 Å². The molecule has 1 heterocycles. The van der Waals surface area contributed by atoms with E-state index in [4.69, 9.17) is 0 Å². The van der Waals surface area contributed by atoms with Gasteiger partial charge in [0.05, 0.1) is 6.42 Å². The van der Waals surface area contributed by atoms with E-state index in [9.17, 15) is 9.59 Å². The minimum Gasteiger partial charge on any atom is -0.328 e. The van der Waals surface area contributed by atoms with Crippen LogP contribution in [0, 0.1) is 0 Å². The zero-order valence-electron chi connectivity index (χ0n) is 8.94. The number of likely N-dealkylation sites (tertiary alicyclic amines) is 1. The van der Waals surface area contributed by atoms with Crippen molar-refractivity contribution in [1.29, 1.82) is 0 Å². The van der Waals surface area contributed by atoms with Crippen LogP contribution in [0.25, 0.3) is 0 Å². The molecule has 1 saturated heterocycles. The van der Waals surface area contributed by atoms with Gasteiger partial charge in [0.1, 0.15) is 6.04 Å². The normalized spacial score (nSPS) is 20.6. The maximum atomic E-state index is 11.8. The average molecular weight is 282 g/mol. The molecule has 1 aromatic carbocycles. The van der Waals surface area contributed by atoms with Gasteiger partial charge in [-0.3, -0.25) is 9.59 Å². The Balaban J connectivity index is 2.35. The topological polar surface area (TPSA) is 37.4 Å². The molecule has 0 aliphatic carbocycles. The van der Waals surface area contributed by atoms with Crippen LogP contribution in [0.1, 0.15) is 24.9 Å².